The van der Waals surface area contributed by atoms with Gasteiger partial charge in [0.2, 0.25) is 10.0 Å². The number of fused-ring (bicyclic) bond motifs is 2. The first-order valence-corrected chi connectivity index (χ1v) is 10.6. The van der Waals surface area contributed by atoms with Crippen LogP contribution in [0.1, 0.15) is 47.4 Å². The van der Waals surface area contributed by atoms with Crippen LogP contribution in [-0.4, -0.2) is 47.4 Å². The van der Waals surface area contributed by atoms with Crippen LogP contribution in [0.25, 0.3) is 0 Å². The number of aromatic nitrogens is 2. The molecule has 0 amide bonds. The van der Waals surface area contributed by atoms with Gasteiger partial charge in [0, 0.05) is 30.5 Å². The fraction of sp³-hybridized carbons (Fsp3) is 0.474. The molecule has 2 aromatic rings. The van der Waals surface area contributed by atoms with Gasteiger partial charge < -0.3 is 4.74 Å². The summed E-state index contributed by atoms with van der Waals surface area (Å²) in [7, 11) is -3.58. The first-order chi connectivity index (χ1) is 12.9. The molecular formula is C19H23N3O4S. The lowest BCUT2D eigenvalue weighted by Crippen LogP contribution is -2.49. The molecule has 0 saturated carbocycles. The van der Waals surface area contributed by atoms with Gasteiger partial charge in [-0.25, -0.2) is 8.42 Å². The number of aryl methyl sites for hydroxylation is 2. The van der Waals surface area contributed by atoms with Gasteiger partial charge in [-0.3, -0.25) is 9.89 Å². The predicted molar refractivity (Wildman–Crippen MR) is 99.4 cm³/mol. The van der Waals surface area contributed by atoms with Crippen molar-refractivity contribution >= 4 is 16.3 Å². The maximum Gasteiger partial charge on any atom is 0.247 e. The van der Waals surface area contributed by atoms with Crippen molar-refractivity contribution in [2.75, 3.05) is 0 Å². The summed E-state index contributed by atoms with van der Waals surface area (Å²) in [6.45, 7) is 3.46. The second-order valence-electron chi connectivity index (χ2n) is 7.38. The monoisotopic (exact) mass is 389 g/mol. The number of rotatable bonds is 5. The molecule has 1 N–H and O–H groups in total. The van der Waals surface area contributed by atoms with Gasteiger partial charge in [0.25, 0.3) is 0 Å². The molecule has 2 saturated heterocycles. The Morgan fingerprint density at radius 2 is 1.78 bits per heavy atom. The standard InChI is InChI=1S/C19H23N3O4S/c1-12-19(13(2)21-20-12)27(24,25)22-15-5-6-16(22)10-18(9-15)26-17-7-3-14(11-23)4-8-17/h3-4,7-8,11,15-16,18H,5-6,9-10H2,1-2H3,(H,20,21)/t15-,16+,18+. The molecule has 3 atom stereocenters. The van der Waals surface area contributed by atoms with Crippen molar-refractivity contribution in [2.45, 2.75) is 62.6 Å². The maximum atomic E-state index is 13.3. The highest BCUT2D eigenvalue weighted by Gasteiger charge is 2.48. The summed E-state index contributed by atoms with van der Waals surface area (Å²) in [6.07, 6.45) is 3.81. The number of benzene rings is 1. The Morgan fingerprint density at radius 1 is 1.15 bits per heavy atom. The molecule has 1 aromatic heterocycles. The van der Waals surface area contributed by atoms with Crippen LogP contribution in [0.5, 0.6) is 5.75 Å². The van der Waals surface area contributed by atoms with Crippen molar-refractivity contribution in [3.8, 4) is 5.75 Å². The highest BCUT2D eigenvalue weighted by Crippen LogP contribution is 2.41. The van der Waals surface area contributed by atoms with Gasteiger partial charge in [0.05, 0.1) is 11.4 Å². The molecular weight excluding hydrogens is 366 g/mol. The summed E-state index contributed by atoms with van der Waals surface area (Å²) in [5, 5.41) is 6.83. The van der Waals surface area contributed by atoms with Crippen LogP contribution in [0, 0.1) is 13.8 Å². The van der Waals surface area contributed by atoms with E-state index in [0.29, 0.717) is 40.4 Å². The lowest BCUT2D eigenvalue weighted by atomic mass is 10.0. The van der Waals surface area contributed by atoms with E-state index < -0.39 is 10.0 Å². The molecule has 3 heterocycles. The number of carbonyl (C=O) groups is 1. The third-order valence-electron chi connectivity index (χ3n) is 5.54. The summed E-state index contributed by atoms with van der Waals surface area (Å²) in [6, 6.07) is 6.91. The molecule has 27 heavy (non-hydrogen) atoms. The van der Waals surface area contributed by atoms with Crippen molar-refractivity contribution in [3.05, 3.63) is 41.2 Å². The molecule has 144 valence electrons. The molecule has 2 fully saturated rings. The molecule has 2 bridgehead atoms. The van der Waals surface area contributed by atoms with Gasteiger partial charge in [-0.05, 0) is 51.0 Å². The number of hydrogen-bond acceptors (Lipinski definition) is 5. The van der Waals surface area contributed by atoms with Gasteiger partial charge in [-0.1, -0.05) is 0 Å². The predicted octanol–water partition coefficient (Wildman–Crippen LogP) is 2.60. The van der Waals surface area contributed by atoms with E-state index in [0.717, 1.165) is 19.1 Å². The largest absolute Gasteiger partial charge is 0.490 e. The van der Waals surface area contributed by atoms with Crippen LogP contribution in [0.3, 0.4) is 0 Å². The first kappa shape index (κ1) is 18.2. The minimum absolute atomic E-state index is 0.0254. The lowest BCUT2D eigenvalue weighted by molar-refractivity contribution is 0.0956. The van der Waals surface area contributed by atoms with Crippen LogP contribution in [-0.2, 0) is 10.0 Å². The normalized spacial score (nSPS) is 25.5. The highest BCUT2D eigenvalue weighted by atomic mass is 32.2. The minimum Gasteiger partial charge on any atom is -0.490 e. The minimum atomic E-state index is -3.58. The summed E-state index contributed by atoms with van der Waals surface area (Å²) in [4.78, 5) is 11.1. The van der Waals surface area contributed by atoms with E-state index in [9.17, 15) is 13.2 Å². The topological polar surface area (TPSA) is 92.4 Å². The number of nitrogens with zero attached hydrogens (tertiary/aromatic N) is 2. The molecule has 2 aliphatic rings. The van der Waals surface area contributed by atoms with E-state index in [1.165, 1.54) is 0 Å². The Morgan fingerprint density at radius 3 is 2.30 bits per heavy atom. The first-order valence-electron chi connectivity index (χ1n) is 9.17. The van der Waals surface area contributed by atoms with Gasteiger partial charge in [-0.2, -0.15) is 9.40 Å². The van der Waals surface area contributed by atoms with Crippen molar-refractivity contribution in [1.82, 2.24) is 14.5 Å². The quantitative estimate of drug-likeness (QED) is 0.794. The molecule has 0 radical (unpaired) electrons. The fourth-order valence-corrected chi connectivity index (χ4v) is 6.65. The van der Waals surface area contributed by atoms with Crippen molar-refractivity contribution < 1.29 is 17.9 Å². The SMILES string of the molecule is Cc1n[nH]c(C)c1S(=O)(=O)N1[C@@H]2CC[C@H]1C[C@@H](Oc1ccc(C=O)cc1)C2. The number of carbonyl (C=O) groups excluding carboxylic acids is 1. The number of aldehydes is 1. The number of H-pyrrole nitrogens is 1. The van der Waals surface area contributed by atoms with Gasteiger partial charge in [0.1, 0.15) is 23.0 Å². The van der Waals surface area contributed by atoms with E-state index in [1.54, 1.807) is 42.4 Å². The number of ether oxygens (including phenoxy) is 1. The van der Waals surface area contributed by atoms with Crippen molar-refractivity contribution in [2.24, 2.45) is 0 Å². The Hall–Kier alpha value is -2.19. The average molecular weight is 389 g/mol. The zero-order valence-electron chi connectivity index (χ0n) is 15.4. The van der Waals surface area contributed by atoms with Crippen LogP contribution in [0.15, 0.2) is 29.2 Å². The Bertz CT molecular complexity index is 918. The Balaban J connectivity index is 1.53. The summed E-state index contributed by atoms with van der Waals surface area (Å²) in [5.74, 6) is 0.711. The highest BCUT2D eigenvalue weighted by molar-refractivity contribution is 7.89. The van der Waals surface area contributed by atoms with E-state index in [2.05, 4.69) is 10.2 Å². The average Bonchev–Trinajstić information content (AvgIpc) is 3.13. The number of hydrogen-bond donors (Lipinski definition) is 1. The number of sulfonamides is 1. The van der Waals surface area contributed by atoms with Crippen LogP contribution < -0.4 is 4.74 Å². The zero-order valence-corrected chi connectivity index (χ0v) is 16.2. The van der Waals surface area contributed by atoms with Gasteiger partial charge in [0.15, 0.2) is 0 Å². The number of piperidine rings is 1. The van der Waals surface area contributed by atoms with E-state index >= 15 is 0 Å². The zero-order chi connectivity index (χ0) is 19.2. The molecule has 1 aromatic carbocycles. The van der Waals surface area contributed by atoms with Crippen LogP contribution >= 0.6 is 0 Å². The summed E-state index contributed by atoms with van der Waals surface area (Å²) < 4.78 is 34.3. The van der Waals surface area contributed by atoms with Crippen LogP contribution in [0.2, 0.25) is 0 Å². The summed E-state index contributed by atoms with van der Waals surface area (Å²) in [5.41, 5.74) is 1.70. The molecule has 7 nitrogen and oxygen atoms in total. The number of aromatic amines is 1. The lowest BCUT2D eigenvalue weighted by Gasteiger charge is -2.37. The maximum absolute atomic E-state index is 13.3. The number of nitrogens with one attached hydrogen (secondary N) is 1. The second kappa shape index (κ2) is 6.76. The molecule has 0 unspecified atom stereocenters. The summed E-state index contributed by atoms with van der Waals surface area (Å²) >= 11 is 0. The van der Waals surface area contributed by atoms with E-state index in [4.69, 9.17) is 4.74 Å². The van der Waals surface area contributed by atoms with Crippen LogP contribution in [0.4, 0.5) is 0 Å². The fourth-order valence-electron chi connectivity index (χ4n) is 4.42. The van der Waals surface area contributed by atoms with Gasteiger partial charge in [-0.15, -0.1) is 0 Å². The molecule has 0 aliphatic carbocycles. The van der Waals surface area contributed by atoms with Gasteiger partial charge >= 0.3 is 0 Å². The molecule has 2 aliphatic heterocycles. The second-order valence-corrected chi connectivity index (χ2v) is 9.16. The smallest absolute Gasteiger partial charge is 0.247 e. The third kappa shape index (κ3) is 3.17. The van der Waals surface area contributed by atoms with E-state index in [-0.39, 0.29) is 18.2 Å². The van der Waals surface area contributed by atoms with Crippen molar-refractivity contribution in [3.63, 3.8) is 0 Å². The Kier molecular flexibility index (Phi) is 4.55. The van der Waals surface area contributed by atoms with Crippen molar-refractivity contribution in [1.29, 1.82) is 0 Å². The molecule has 8 heteroatoms. The third-order valence-corrected chi connectivity index (χ3v) is 7.81. The molecule has 4 rings (SSSR count). The molecule has 0 spiro atoms. The Labute approximate surface area is 158 Å². The van der Waals surface area contributed by atoms with E-state index in [1.807, 2.05) is 0 Å².